The third-order valence-electron chi connectivity index (χ3n) is 2.87. The Bertz CT molecular complexity index is 714. The van der Waals surface area contributed by atoms with Gasteiger partial charge in [-0.3, -0.25) is 15.1 Å². The minimum absolute atomic E-state index is 0.0690. The minimum atomic E-state index is -0.397. The molecule has 0 aliphatic heterocycles. The van der Waals surface area contributed by atoms with E-state index in [1.807, 2.05) is 13.0 Å². The van der Waals surface area contributed by atoms with Crippen molar-refractivity contribution in [2.24, 2.45) is 0 Å². The standard InChI is InChI=1S/C15H15N3O2/c1-3-4-5-8-16-15-9-11(2)17-14-7-6-12(18(19)20)10-13(14)15/h6-7,9-10H,5,8H2,1-2H3,(H,16,17). The molecule has 5 heteroatoms. The molecule has 1 heterocycles. The molecule has 102 valence electrons. The smallest absolute Gasteiger partial charge is 0.270 e. The van der Waals surface area contributed by atoms with Gasteiger partial charge in [0.1, 0.15) is 0 Å². The highest BCUT2D eigenvalue weighted by Gasteiger charge is 2.10. The van der Waals surface area contributed by atoms with Crippen LogP contribution in [0.3, 0.4) is 0 Å². The molecule has 1 N–H and O–H groups in total. The van der Waals surface area contributed by atoms with Crippen molar-refractivity contribution in [1.29, 1.82) is 0 Å². The summed E-state index contributed by atoms with van der Waals surface area (Å²) in [4.78, 5) is 14.9. The predicted molar refractivity (Wildman–Crippen MR) is 79.7 cm³/mol. The third-order valence-corrected chi connectivity index (χ3v) is 2.87. The zero-order valence-corrected chi connectivity index (χ0v) is 11.4. The molecule has 0 aliphatic rings. The van der Waals surface area contributed by atoms with E-state index in [4.69, 9.17) is 0 Å². The average molecular weight is 269 g/mol. The van der Waals surface area contributed by atoms with E-state index in [0.717, 1.165) is 28.7 Å². The lowest BCUT2D eigenvalue weighted by Crippen LogP contribution is -2.02. The van der Waals surface area contributed by atoms with Crippen LogP contribution in [0.5, 0.6) is 0 Å². The lowest BCUT2D eigenvalue weighted by atomic mass is 10.1. The molecule has 0 bridgehead atoms. The Morgan fingerprint density at radius 1 is 1.40 bits per heavy atom. The first-order valence-corrected chi connectivity index (χ1v) is 6.31. The van der Waals surface area contributed by atoms with Gasteiger partial charge < -0.3 is 5.32 Å². The summed E-state index contributed by atoms with van der Waals surface area (Å²) in [7, 11) is 0. The molecule has 0 spiro atoms. The van der Waals surface area contributed by atoms with Gasteiger partial charge in [0.25, 0.3) is 5.69 Å². The molecule has 0 saturated carbocycles. The molecule has 0 saturated heterocycles. The highest BCUT2D eigenvalue weighted by atomic mass is 16.6. The quantitative estimate of drug-likeness (QED) is 0.400. The lowest BCUT2D eigenvalue weighted by molar-refractivity contribution is -0.384. The van der Waals surface area contributed by atoms with E-state index in [1.54, 1.807) is 19.1 Å². The summed E-state index contributed by atoms with van der Waals surface area (Å²) < 4.78 is 0. The van der Waals surface area contributed by atoms with Crippen molar-refractivity contribution >= 4 is 22.3 Å². The second-order valence-corrected chi connectivity index (χ2v) is 4.37. The number of fused-ring (bicyclic) bond motifs is 1. The maximum atomic E-state index is 10.9. The van der Waals surface area contributed by atoms with E-state index in [1.165, 1.54) is 6.07 Å². The van der Waals surface area contributed by atoms with E-state index >= 15 is 0 Å². The second kappa shape index (κ2) is 6.02. The van der Waals surface area contributed by atoms with Crippen molar-refractivity contribution in [2.75, 3.05) is 11.9 Å². The fourth-order valence-corrected chi connectivity index (χ4v) is 1.99. The van der Waals surface area contributed by atoms with Crippen molar-refractivity contribution < 1.29 is 4.92 Å². The summed E-state index contributed by atoms with van der Waals surface area (Å²) in [6, 6.07) is 6.60. The Morgan fingerprint density at radius 3 is 2.90 bits per heavy atom. The molecule has 0 aliphatic carbocycles. The number of benzene rings is 1. The Labute approximate surface area is 117 Å². The molecule has 0 amide bonds. The molecule has 2 rings (SSSR count). The first kappa shape index (κ1) is 13.8. The van der Waals surface area contributed by atoms with Gasteiger partial charge in [-0.2, -0.15) is 0 Å². The number of rotatable bonds is 4. The molecule has 2 aromatic rings. The normalized spacial score (nSPS) is 9.90. The van der Waals surface area contributed by atoms with Gasteiger partial charge in [0.15, 0.2) is 0 Å². The zero-order chi connectivity index (χ0) is 14.5. The van der Waals surface area contributed by atoms with E-state index in [2.05, 4.69) is 22.1 Å². The Kier molecular flexibility index (Phi) is 4.16. The maximum Gasteiger partial charge on any atom is 0.270 e. The van der Waals surface area contributed by atoms with Crippen LogP contribution in [-0.4, -0.2) is 16.5 Å². The van der Waals surface area contributed by atoms with Crippen molar-refractivity contribution in [2.45, 2.75) is 20.3 Å². The van der Waals surface area contributed by atoms with E-state index in [0.29, 0.717) is 6.54 Å². The molecule has 1 aromatic heterocycles. The number of aryl methyl sites for hydroxylation is 1. The number of nitro groups is 1. The van der Waals surface area contributed by atoms with Gasteiger partial charge in [0.2, 0.25) is 0 Å². The van der Waals surface area contributed by atoms with Crippen LogP contribution in [0.4, 0.5) is 11.4 Å². The molecular formula is C15H15N3O2. The monoisotopic (exact) mass is 269 g/mol. The Balaban J connectivity index is 2.41. The largest absolute Gasteiger partial charge is 0.383 e. The number of nitro benzene ring substituents is 1. The van der Waals surface area contributed by atoms with Crippen LogP contribution in [0.15, 0.2) is 24.3 Å². The summed E-state index contributed by atoms with van der Waals surface area (Å²) in [6.45, 7) is 4.40. The van der Waals surface area contributed by atoms with Gasteiger partial charge in [-0.1, -0.05) is 0 Å². The average Bonchev–Trinajstić information content (AvgIpc) is 2.42. The lowest BCUT2D eigenvalue weighted by Gasteiger charge is -2.09. The van der Waals surface area contributed by atoms with Crippen molar-refractivity contribution in [3.63, 3.8) is 0 Å². The number of non-ortho nitro benzene ring substituents is 1. The summed E-state index contributed by atoms with van der Waals surface area (Å²) in [6.07, 6.45) is 0.730. The maximum absolute atomic E-state index is 10.9. The van der Waals surface area contributed by atoms with Gasteiger partial charge in [0, 0.05) is 41.9 Å². The number of nitrogens with zero attached hydrogens (tertiary/aromatic N) is 2. The first-order chi connectivity index (χ1) is 9.61. The molecule has 0 fully saturated rings. The molecular weight excluding hydrogens is 254 g/mol. The second-order valence-electron chi connectivity index (χ2n) is 4.37. The third kappa shape index (κ3) is 3.04. The summed E-state index contributed by atoms with van der Waals surface area (Å²) in [5, 5.41) is 14.9. The fourth-order valence-electron chi connectivity index (χ4n) is 1.99. The fraction of sp³-hybridized carbons (Fsp3) is 0.267. The number of anilines is 1. The van der Waals surface area contributed by atoms with Gasteiger partial charge in [-0.15, -0.1) is 11.8 Å². The predicted octanol–water partition coefficient (Wildman–Crippen LogP) is 3.28. The van der Waals surface area contributed by atoms with Gasteiger partial charge in [0.05, 0.1) is 10.4 Å². The minimum Gasteiger partial charge on any atom is -0.383 e. The number of nitrogens with one attached hydrogen (secondary N) is 1. The Morgan fingerprint density at radius 2 is 2.20 bits per heavy atom. The number of pyridine rings is 1. The summed E-state index contributed by atoms with van der Waals surface area (Å²) >= 11 is 0. The van der Waals surface area contributed by atoms with Crippen molar-refractivity contribution in [1.82, 2.24) is 4.98 Å². The van der Waals surface area contributed by atoms with Crippen molar-refractivity contribution in [3.8, 4) is 11.8 Å². The molecule has 0 unspecified atom stereocenters. The first-order valence-electron chi connectivity index (χ1n) is 6.31. The highest BCUT2D eigenvalue weighted by Crippen LogP contribution is 2.27. The van der Waals surface area contributed by atoms with E-state index in [-0.39, 0.29) is 5.69 Å². The van der Waals surface area contributed by atoms with Crippen molar-refractivity contribution in [3.05, 3.63) is 40.1 Å². The van der Waals surface area contributed by atoms with Crippen LogP contribution in [-0.2, 0) is 0 Å². The molecule has 5 nitrogen and oxygen atoms in total. The van der Waals surface area contributed by atoms with E-state index in [9.17, 15) is 10.1 Å². The van der Waals surface area contributed by atoms with Crippen LogP contribution in [0.2, 0.25) is 0 Å². The molecule has 20 heavy (non-hydrogen) atoms. The van der Waals surface area contributed by atoms with Gasteiger partial charge >= 0.3 is 0 Å². The number of aromatic nitrogens is 1. The number of hydrogen-bond acceptors (Lipinski definition) is 4. The molecule has 0 radical (unpaired) electrons. The summed E-state index contributed by atoms with van der Waals surface area (Å²) in [5.74, 6) is 5.81. The molecule has 1 aromatic carbocycles. The van der Waals surface area contributed by atoms with Gasteiger partial charge in [-0.25, -0.2) is 0 Å². The topological polar surface area (TPSA) is 68.1 Å². The van der Waals surface area contributed by atoms with E-state index < -0.39 is 4.92 Å². The SMILES string of the molecule is CC#CCCNc1cc(C)nc2ccc([N+](=O)[O-])cc12. The van der Waals surface area contributed by atoms with Gasteiger partial charge in [-0.05, 0) is 26.0 Å². The molecule has 0 atom stereocenters. The van der Waals surface area contributed by atoms with Crippen LogP contribution in [0.25, 0.3) is 10.9 Å². The van der Waals surface area contributed by atoms with Crippen LogP contribution < -0.4 is 5.32 Å². The zero-order valence-electron chi connectivity index (χ0n) is 11.4. The number of hydrogen-bond donors (Lipinski definition) is 1. The highest BCUT2D eigenvalue weighted by molar-refractivity contribution is 5.93. The van der Waals surface area contributed by atoms with Crippen LogP contribution in [0, 0.1) is 28.9 Å². The van der Waals surface area contributed by atoms with Crippen LogP contribution in [0.1, 0.15) is 19.0 Å². The Hall–Kier alpha value is -2.61. The van der Waals surface area contributed by atoms with Crippen LogP contribution >= 0.6 is 0 Å². The summed E-state index contributed by atoms with van der Waals surface area (Å²) in [5.41, 5.74) is 2.55.